The zero-order valence-corrected chi connectivity index (χ0v) is 19.1. The lowest BCUT2D eigenvalue weighted by atomic mass is 9.97. The molecule has 8 heteroatoms. The molecule has 0 bridgehead atoms. The molecule has 1 saturated heterocycles. The molecular weight excluding hydrogens is 402 g/mol. The van der Waals surface area contributed by atoms with Gasteiger partial charge in [-0.05, 0) is 63.7 Å². The largest absolute Gasteiger partial charge is 0.382 e. The Labute approximate surface area is 182 Å². The molecule has 1 N–H and O–H groups in total. The molecule has 2 aliphatic rings. The minimum Gasteiger partial charge on any atom is -0.382 e. The fourth-order valence-electron chi connectivity index (χ4n) is 4.22. The first-order chi connectivity index (χ1) is 14.2. The number of rotatable bonds is 6. The molecule has 0 atom stereocenters. The number of nitrogens with one attached hydrogen (secondary N) is 1. The van der Waals surface area contributed by atoms with Crippen molar-refractivity contribution in [2.24, 2.45) is 0 Å². The highest BCUT2D eigenvalue weighted by Gasteiger charge is 2.26. The first kappa shape index (κ1) is 20.8. The lowest BCUT2D eigenvalue weighted by Crippen LogP contribution is -2.52. The second-order valence-electron chi connectivity index (χ2n) is 7.74. The van der Waals surface area contributed by atoms with Crippen molar-refractivity contribution < 1.29 is 4.74 Å². The van der Waals surface area contributed by atoms with Crippen molar-refractivity contribution in [3.05, 3.63) is 16.3 Å². The van der Waals surface area contributed by atoms with Gasteiger partial charge in [-0.2, -0.15) is 0 Å². The summed E-state index contributed by atoms with van der Waals surface area (Å²) < 4.78 is 5.39. The van der Waals surface area contributed by atoms with Crippen LogP contribution in [0.1, 0.15) is 42.5 Å². The highest BCUT2D eigenvalue weighted by Crippen LogP contribution is 2.39. The van der Waals surface area contributed by atoms with Crippen molar-refractivity contribution in [3.63, 3.8) is 0 Å². The molecule has 29 heavy (non-hydrogen) atoms. The van der Waals surface area contributed by atoms with Gasteiger partial charge in [0.15, 0.2) is 5.11 Å². The Hall–Kier alpha value is -1.51. The van der Waals surface area contributed by atoms with Crippen LogP contribution in [0.3, 0.4) is 0 Å². The van der Waals surface area contributed by atoms with Crippen molar-refractivity contribution in [3.8, 4) is 0 Å². The molecule has 2 aromatic rings. The third-order valence-electron chi connectivity index (χ3n) is 5.72. The summed E-state index contributed by atoms with van der Waals surface area (Å²) in [6, 6.07) is 0. The van der Waals surface area contributed by atoms with E-state index in [9.17, 15) is 0 Å². The Morgan fingerprint density at radius 1 is 1.17 bits per heavy atom. The Bertz CT molecular complexity index is 860. The summed E-state index contributed by atoms with van der Waals surface area (Å²) in [7, 11) is 0. The van der Waals surface area contributed by atoms with Crippen molar-refractivity contribution in [2.75, 3.05) is 50.8 Å². The molecule has 0 spiro atoms. The lowest BCUT2D eigenvalue weighted by molar-refractivity contribution is 0.145. The Kier molecular flexibility index (Phi) is 6.82. The number of thiophene rings is 1. The van der Waals surface area contributed by atoms with Gasteiger partial charge >= 0.3 is 0 Å². The third kappa shape index (κ3) is 4.64. The smallest absolute Gasteiger partial charge is 0.169 e. The monoisotopic (exact) mass is 433 g/mol. The summed E-state index contributed by atoms with van der Waals surface area (Å²) in [6.07, 6.45) is 5.93. The van der Waals surface area contributed by atoms with Gasteiger partial charge in [0.25, 0.3) is 0 Å². The van der Waals surface area contributed by atoms with E-state index >= 15 is 0 Å². The van der Waals surface area contributed by atoms with Gasteiger partial charge in [0.05, 0.1) is 5.39 Å². The summed E-state index contributed by atoms with van der Waals surface area (Å²) in [5.41, 5.74) is 1.51. The fraction of sp³-hybridized carbons (Fsp3) is 0.667. The van der Waals surface area contributed by atoms with E-state index in [1.54, 1.807) is 0 Å². The van der Waals surface area contributed by atoms with E-state index in [0.29, 0.717) is 0 Å². The normalized spacial score (nSPS) is 16.9. The number of nitrogens with zero attached hydrogens (tertiary/aromatic N) is 4. The first-order valence-electron chi connectivity index (χ1n) is 10.8. The summed E-state index contributed by atoms with van der Waals surface area (Å²) in [4.78, 5) is 17.1. The summed E-state index contributed by atoms with van der Waals surface area (Å²) in [5.74, 6) is 2.02. The van der Waals surface area contributed by atoms with E-state index in [-0.39, 0.29) is 0 Å². The van der Waals surface area contributed by atoms with Gasteiger partial charge in [0.1, 0.15) is 16.5 Å². The van der Waals surface area contributed by atoms with Crippen LogP contribution in [0.15, 0.2) is 0 Å². The standard InChI is InChI=1S/C21H31N5OS2/c1-3-27-14-6-9-22-21(28)26-12-10-25(11-13-26)19-18-16-7-4-5-8-17(16)29-20(18)24-15(2)23-19/h3-14H2,1-2H3,(H,22,28). The van der Waals surface area contributed by atoms with Crippen LogP contribution in [0, 0.1) is 6.92 Å². The van der Waals surface area contributed by atoms with Crippen LogP contribution in [0.2, 0.25) is 0 Å². The third-order valence-corrected chi connectivity index (χ3v) is 7.31. The molecule has 1 aliphatic heterocycles. The predicted octanol–water partition coefficient (Wildman–Crippen LogP) is 3.30. The molecule has 3 heterocycles. The summed E-state index contributed by atoms with van der Waals surface area (Å²) >= 11 is 7.49. The van der Waals surface area contributed by atoms with Crippen molar-refractivity contribution in [1.29, 1.82) is 0 Å². The van der Waals surface area contributed by atoms with Crippen LogP contribution in [0.5, 0.6) is 0 Å². The number of thiocarbonyl (C=S) groups is 1. The molecule has 0 unspecified atom stereocenters. The van der Waals surface area contributed by atoms with Gasteiger partial charge in [-0.1, -0.05) is 0 Å². The Balaban J connectivity index is 1.42. The molecule has 158 valence electrons. The maximum Gasteiger partial charge on any atom is 0.169 e. The molecule has 6 nitrogen and oxygen atoms in total. The molecule has 1 fully saturated rings. The van der Waals surface area contributed by atoms with Crippen molar-refractivity contribution >= 4 is 44.7 Å². The van der Waals surface area contributed by atoms with E-state index < -0.39 is 0 Å². The topological polar surface area (TPSA) is 53.5 Å². The molecule has 4 rings (SSSR count). The minimum atomic E-state index is 0.773. The van der Waals surface area contributed by atoms with Crippen molar-refractivity contribution in [1.82, 2.24) is 20.2 Å². The summed E-state index contributed by atoms with van der Waals surface area (Å²) in [6.45, 7) is 10.2. The van der Waals surface area contributed by atoms with E-state index in [2.05, 4.69) is 15.1 Å². The van der Waals surface area contributed by atoms with Crippen LogP contribution in [-0.2, 0) is 17.6 Å². The van der Waals surface area contributed by atoms with Gasteiger partial charge < -0.3 is 19.9 Å². The predicted molar refractivity (Wildman–Crippen MR) is 124 cm³/mol. The number of fused-ring (bicyclic) bond motifs is 3. The highest BCUT2D eigenvalue weighted by atomic mass is 32.1. The quantitative estimate of drug-likeness (QED) is 0.554. The SMILES string of the molecule is CCOCCCNC(=S)N1CCN(c2nc(C)nc3sc4c(c23)CCCC4)CC1. The molecule has 1 aliphatic carbocycles. The molecule has 0 amide bonds. The van der Waals surface area contributed by atoms with E-state index in [0.717, 1.165) is 69.1 Å². The molecule has 0 saturated carbocycles. The molecular formula is C21H31N5OS2. The zero-order valence-electron chi connectivity index (χ0n) is 17.5. The first-order valence-corrected chi connectivity index (χ1v) is 12.0. The molecule has 0 radical (unpaired) electrons. The van der Waals surface area contributed by atoms with Crippen LogP contribution in [-0.4, -0.2) is 65.9 Å². The maximum absolute atomic E-state index is 5.60. The van der Waals surface area contributed by atoms with Crippen LogP contribution in [0.4, 0.5) is 5.82 Å². The lowest BCUT2D eigenvalue weighted by Gasteiger charge is -2.37. The number of hydrogen-bond donors (Lipinski definition) is 1. The van der Waals surface area contributed by atoms with Gasteiger partial charge in [-0.3, -0.25) is 0 Å². The second kappa shape index (κ2) is 9.53. The number of aromatic nitrogens is 2. The number of ether oxygens (including phenoxy) is 1. The van der Waals surface area contributed by atoms with Gasteiger partial charge in [-0.15, -0.1) is 11.3 Å². The summed E-state index contributed by atoms with van der Waals surface area (Å²) in [5, 5.41) is 5.56. The Morgan fingerprint density at radius 2 is 1.97 bits per heavy atom. The zero-order chi connectivity index (χ0) is 20.2. The highest BCUT2D eigenvalue weighted by molar-refractivity contribution is 7.80. The van der Waals surface area contributed by atoms with Crippen LogP contribution in [0.25, 0.3) is 10.2 Å². The van der Waals surface area contributed by atoms with Crippen LogP contribution < -0.4 is 10.2 Å². The average Bonchev–Trinajstić information content (AvgIpc) is 3.11. The maximum atomic E-state index is 5.60. The minimum absolute atomic E-state index is 0.773. The van der Waals surface area contributed by atoms with Gasteiger partial charge in [0, 0.05) is 50.8 Å². The van der Waals surface area contributed by atoms with E-state index in [1.807, 2.05) is 25.2 Å². The number of piperazine rings is 1. The molecule has 0 aromatic carbocycles. The number of hydrogen-bond acceptors (Lipinski definition) is 6. The second-order valence-corrected chi connectivity index (χ2v) is 9.21. The van der Waals surface area contributed by atoms with Gasteiger partial charge in [-0.25, -0.2) is 9.97 Å². The van der Waals surface area contributed by atoms with Crippen molar-refractivity contribution in [2.45, 2.75) is 46.0 Å². The average molecular weight is 434 g/mol. The Morgan fingerprint density at radius 3 is 2.76 bits per heavy atom. The molecule has 2 aromatic heterocycles. The van der Waals surface area contributed by atoms with Crippen LogP contribution >= 0.6 is 23.6 Å². The van der Waals surface area contributed by atoms with Gasteiger partial charge in [0.2, 0.25) is 0 Å². The fourth-order valence-corrected chi connectivity index (χ4v) is 5.80. The number of aryl methyl sites for hydroxylation is 3. The van der Waals surface area contributed by atoms with E-state index in [4.69, 9.17) is 26.9 Å². The number of anilines is 1. The van der Waals surface area contributed by atoms with E-state index in [1.165, 1.54) is 46.3 Å².